The zero-order valence-electron chi connectivity index (χ0n) is 16.9. The third-order valence-electron chi connectivity index (χ3n) is 5.65. The van der Waals surface area contributed by atoms with E-state index < -0.39 is 0 Å². The molecule has 0 spiro atoms. The van der Waals surface area contributed by atoms with Crippen molar-refractivity contribution in [1.82, 2.24) is 4.90 Å². The molecule has 1 aliphatic rings. The molecule has 1 saturated heterocycles. The molecule has 0 saturated carbocycles. The Kier molecular flexibility index (Phi) is 8.81. The summed E-state index contributed by atoms with van der Waals surface area (Å²) in [5.41, 5.74) is -0.277. The van der Waals surface area contributed by atoms with Crippen LogP contribution in [0.15, 0.2) is 0 Å². The number of unbranched alkanes of at least 4 members (excludes halogenated alkanes) is 3. The summed E-state index contributed by atoms with van der Waals surface area (Å²) >= 11 is 0. The Balaban J connectivity index is 2.68. The summed E-state index contributed by atoms with van der Waals surface area (Å²) in [5.74, 6) is -0.00297. The fraction of sp³-hybridized carbons (Fsp3) is 0.857. The van der Waals surface area contributed by atoms with Crippen molar-refractivity contribution < 1.29 is 14.4 Å². The Morgan fingerprint density at radius 2 is 1.60 bits per heavy atom. The van der Waals surface area contributed by atoms with Crippen LogP contribution in [0.1, 0.15) is 98.8 Å². The zero-order valence-corrected chi connectivity index (χ0v) is 16.9. The highest BCUT2D eigenvalue weighted by Gasteiger charge is 2.38. The van der Waals surface area contributed by atoms with Gasteiger partial charge in [0.15, 0.2) is 0 Å². The lowest BCUT2D eigenvalue weighted by molar-refractivity contribution is -0.142. The van der Waals surface area contributed by atoms with Gasteiger partial charge in [-0.3, -0.25) is 19.3 Å². The standard InChI is InChI=1S/C21H37NO3/c1-6-8-9-10-14-21(5,13-7-2)20(25)16(3)15-17(4)22-18(23)11-12-19(22)24/h16-17H,6-15H2,1-5H3. The maximum atomic E-state index is 13.1. The first-order chi connectivity index (χ1) is 11.8. The third kappa shape index (κ3) is 5.93. The summed E-state index contributed by atoms with van der Waals surface area (Å²) in [6, 6.07) is -0.188. The van der Waals surface area contributed by atoms with Crippen molar-refractivity contribution in [2.24, 2.45) is 11.3 Å². The van der Waals surface area contributed by atoms with Gasteiger partial charge in [-0.1, -0.05) is 59.8 Å². The molecule has 1 aliphatic heterocycles. The molecule has 0 aromatic rings. The molecule has 0 radical (unpaired) electrons. The predicted molar refractivity (Wildman–Crippen MR) is 101 cm³/mol. The molecule has 3 unspecified atom stereocenters. The fourth-order valence-electron chi connectivity index (χ4n) is 4.27. The van der Waals surface area contributed by atoms with Gasteiger partial charge in [-0.25, -0.2) is 0 Å². The normalized spacial score (nSPS) is 19.8. The summed E-state index contributed by atoms with van der Waals surface area (Å²) in [7, 11) is 0. The van der Waals surface area contributed by atoms with E-state index in [4.69, 9.17) is 0 Å². The second kappa shape index (κ2) is 10.1. The molecule has 2 amide bonds. The number of Topliss-reactive ketones (excluding diaryl/α,β-unsaturated/α-hetero) is 1. The minimum Gasteiger partial charge on any atom is -0.299 e. The highest BCUT2D eigenvalue weighted by Crippen LogP contribution is 2.35. The summed E-state index contributed by atoms with van der Waals surface area (Å²) in [6.45, 7) is 10.3. The number of imide groups is 1. The van der Waals surface area contributed by atoms with Crippen LogP contribution in [0.2, 0.25) is 0 Å². The van der Waals surface area contributed by atoms with Crippen LogP contribution in [0.25, 0.3) is 0 Å². The van der Waals surface area contributed by atoms with Crippen LogP contribution in [0.3, 0.4) is 0 Å². The molecule has 4 nitrogen and oxygen atoms in total. The molecule has 3 atom stereocenters. The lowest BCUT2D eigenvalue weighted by Gasteiger charge is -2.33. The van der Waals surface area contributed by atoms with Crippen LogP contribution in [-0.4, -0.2) is 28.5 Å². The molecule has 1 heterocycles. The van der Waals surface area contributed by atoms with Crippen molar-refractivity contribution >= 4 is 17.6 Å². The fourth-order valence-corrected chi connectivity index (χ4v) is 4.27. The van der Waals surface area contributed by atoms with E-state index in [0.717, 1.165) is 25.7 Å². The molecule has 25 heavy (non-hydrogen) atoms. The van der Waals surface area contributed by atoms with E-state index in [1.165, 1.54) is 24.2 Å². The maximum absolute atomic E-state index is 13.1. The van der Waals surface area contributed by atoms with E-state index in [9.17, 15) is 14.4 Å². The quantitative estimate of drug-likeness (QED) is 0.371. The average Bonchev–Trinajstić information content (AvgIpc) is 2.89. The first kappa shape index (κ1) is 21.9. The topological polar surface area (TPSA) is 54.5 Å². The summed E-state index contributed by atoms with van der Waals surface area (Å²) in [6.07, 6.45) is 8.77. The molecular formula is C21H37NO3. The SMILES string of the molecule is CCCCCCC(C)(CCC)C(=O)C(C)CC(C)N1C(=O)CCC1=O. The van der Waals surface area contributed by atoms with Crippen molar-refractivity contribution in [3.63, 3.8) is 0 Å². The zero-order chi connectivity index (χ0) is 19.0. The van der Waals surface area contributed by atoms with E-state index >= 15 is 0 Å². The van der Waals surface area contributed by atoms with Crippen LogP contribution < -0.4 is 0 Å². The first-order valence-electron chi connectivity index (χ1n) is 10.2. The van der Waals surface area contributed by atoms with Gasteiger partial charge in [0.25, 0.3) is 0 Å². The number of carbonyl (C=O) groups excluding carboxylic acids is 3. The van der Waals surface area contributed by atoms with Gasteiger partial charge in [0.2, 0.25) is 11.8 Å². The van der Waals surface area contributed by atoms with Crippen LogP contribution in [0.4, 0.5) is 0 Å². The van der Waals surface area contributed by atoms with Gasteiger partial charge >= 0.3 is 0 Å². The molecule has 1 rings (SSSR count). The molecule has 1 fully saturated rings. The van der Waals surface area contributed by atoms with E-state index in [1.54, 1.807) is 0 Å². The highest BCUT2D eigenvalue weighted by molar-refractivity contribution is 6.02. The largest absolute Gasteiger partial charge is 0.299 e. The monoisotopic (exact) mass is 351 g/mol. The van der Waals surface area contributed by atoms with E-state index in [-0.39, 0.29) is 29.2 Å². The number of hydrogen-bond acceptors (Lipinski definition) is 3. The van der Waals surface area contributed by atoms with Crippen molar-refractivity contribution in [1.29, 1.82) is 0 Å². The number of amides is 2. The number of carbonyl (C=O) groups is 3. The summed E-state index contributed by atoms with van der Waals surface area (Å²) in [5, 5.41) is 0. The first-order valence-corrected chi connectivity index (χ1v) is 10.2. The lowest BCUT2D eigenvalue weighted by atomic mass is 9.72. The number of ketones is 1. The van der Waals surface area contributed by atoms with E-state index in [2.05, 4.69) is 20.8 Å². The molecular weight excluding hydrogens is 314 g/mol. The van der Waals surface area contributed by atoms with Gasteiger partial charge in [0, 0.05) is 30.2 Å². The second-order valence-electron chi connectivity index (χ2n) is 8.13. The van der Waals surface area contributed by atoms with Gasteiger partial charge in [-0.2, -0.15) is 0 Å². The molecule has 4 heteroatoms. The minimum atomic E-state index is -0.277. The third-order valence-corrected chi connectivity index (χ3v) is 5.65. The van der Waals surface area contributed by atoms with E-state index in [0.29, 0.717) is 25.0 Å². The van der Waals surface area contributed by atoms with Crippen LogP contribution >= 0.6 is 0 Å². The second-order valence-corrected chi connectivity index (χ2v) is 8.13. The molecule has 0 N–H and O–H groups in total. The number of nitrogens with zero attached hydrogens (tertiary/aromatic N) is 1. The Morgan fingerprint density at radius 1 is 1.00 bits per heavy atom. The Hall–Kier alpha value is -1.19. The van der Waals surface area contributed by atoms with Gasteiger partial charge < -0.3 is 0 Å². The van der Waals surface area contributed by atoms with Crippen molar-refractivity contribution in [3.05, 3.63) is 0 Å². The molecule has 144 valence electrons. The predicted octanol–water partition coefficient (Wildman–Crippen LogP) is 4.90. The molecule has 0 aromatic heterocycles. The van der Waals surface area contributed by atoms with Gasteiger partial charge in [-0.15, -0.1) is 0 Å². The minimum absolute atomic E-state index is 0.0898. The van der Waals surface area contributed by atoms with Crippen LogP contribution in [-0.2, 0) is 14.4 Å². The molecule has 0 bridgehead atoms. The summed E-state index contributed by atoms with van der Waals surface area (Å²) in [4.78, 5) is 38.3. The number of likely N-dealkylation sites (tertiary alicyclic amines) is 1. The van der Waals surface area contributed by atoms with Gasteiger partial charge in [-0.05, 0) is 26.2 Å². The smallest absolute Gasteiger partial charge is 0.229 e. The van der Waals surface area contributed by atoms with Crippen LogP contribution in [0, 0.1) is 11.3 Å². The Morgan fingerprint density at radius 3 is 2.12 bits per heavy atom. The Labute approximate surface area is 153 Å². The number of rotatable bonds is 12. The summed E-state index contributed by atoms with van der Waals surface area (Å²) < 4.78 is 0. The van der Waals surface area contributed by atoms with Crippen molar-refractivity contribution in [3.8, 4) is 0 Å². The Bertz CT molecular complexity index is 458. The van der Waals surface area contributed by atoms with Gasteiger partial charge in [0.05, 0.1) is 0 Å². The lowest BCUT2D eigenvalue weighted by Crippen LogP contribution is -2.41. The van der Waals surface area contributed by atoms with Crippen molar-refractivity contribution in [2.45, 2.75) is 105 Å². The van der Waals surface area contributed by atoms with Crippen molar-refractivity contribution in [2.75, 3.05) is 0 Å². The van der Waals surface area contributed by atoms with Gasteiger partial charge in [0.1, 0.15) is 5.78 Å². The average molecular weight is 352 g/mol. The highest BCUT2D eigenvalue weighted by atomic mass is 16.2. The number of hydrogen-bond donors (Lipinski definition) is 0. The maximum Gasteiger partial charge on any atom is 0.229 e. The van der Waals surface area contributed by atoms with Crippen LogP contribution in [0.5, 0.6) is 0 Å². The van der Waals surface area contributed by atoms with E-state index in [1.807, 2.05) is 13.8 Å². The molecule has 0 aliphatic carbocycles. The molecule has 0 aromatic carbocycles.